The maximum Gasteiger partial charge on any atom is 0.167 e. The number of methoxy groups -OCH3 is 1. The van der Waals surface area contributed by atoms with Crippen molar-refractivity contribution in [2.75, 3.05) is 7.11 Å². The molecule has 148 valence electrons. The lowest BCUT2D eigenvalue weighted by Gasteiger charge is -2.18. The van der Waals surface area contributed by atoms with Crippen LogP contribution in [0.15, 0.2) is 6.07 Å². The molecule has 1 rings (SSSR count). The van der Waals surface area contributed by atoms with Gasteiger partial charge < -0.3 is 9.84 Å². The topological polar surface area (TPSA) is 46.5 Å². The SMILES string of the molecule is CCCCCCCCCCCC(=O)c1c(C)c(O)cc(C(C)C)c1OC. The minimum Gasteiger partial charge on any atom is -0.508 e. The Kier molecular flexibility index (Phi) is 10.4. The second kappa shape index (κ2) is 12.0. The third-order valence-electron chi connectivity index (χ3n) is 5.15. The van der Waals surface area contributed by atoms with Crippen LogP contribution in [0.4, 0.5) is 0 Å². The van der Waals surface area contributed by atoms with Gasteiger partial charge in [-0.05, 0) is 25.3 Å². The van der Waals surface area contributed by atoms with Crippen LogP contribution in [-0.4, -0.2) is 18.0 Å². The highest BCUT2D eigenvalue weighted by Gasteiger charge is 2.22. The largest absolute Gasteiger partial charge is 0.508 e. The summed E-state index contributed by atoms with van der Waals surface area (Å²) in [6.45, 7) is 8.12. The summed E-state index contributed by atoms with van der Waals surface area (Å²) in [5.41, 5.74) is 2.09. The number of carbonyl (C=O) groups excluding carboxylic acids is 1. The molecule has 0 unspecified atom stereocenters. The smallest absolute Gasteiger partial charge is 0.167 e. The molecule has 3 nitrogen and oxygen atoms in total. The van der Waals surface area contributed by atoms with E-state index < -0.39 is 0 Å². The van der Waals surface area contributed by atoms with Crippen molar-refractivity contribution >= 4 is 5.78 Å². The lowest BCUT2D eigenvalue weighted by atomic mass is 9.91. The molecule has 0 amide bonds. The van der Waals surface area contributed by atoms with Crippen molar-refractivity contribution in [3.8, 4) is 11.5 Å². The van der Waals surface area contributed by atoms with E-state index in [9.17, 15) is 9.90 Å². The first-order valence-corrected chi connectivity index (χ1v) is 10.4. The molecular weight excluding hydrogens is 324 g/mol. The highest BCUT2D eigenvalue weighted by molar-refractivity contribution is 6.01. The summed E-state index contributed by atoms with van der Waals surface area (Å²) in [4.78, 5) is 12.8. The molecule has 0 bridgehead atoms. The molecule has 0 saturated carbocycles. The average Bonchev–Trinajstić information content (AvgIpc) is 2.61. The normalized spacial score (nSPS) is 11.2. The van der Waals surface area contributed by atoms with Crippen molar-refractivity contribution in [2.45, 2.75) is 97.8 Å². The Labute approximate surface area is 160 Å². The summed E-state index contributed by atoms with van der Waals surface area (Å²) in [5.74, 6) is 1.09. The Hall–Kier alpha value is -1.51. The molecule has 0 aromatic heterocycles. The van der Waals surface area contributed by atoms with E-state index in [0.717, 1.165) is 18.4 Å². The van der Waals surface area contributed by atoms with Gasteiger partial charge in [0.05, 0.1) is 12.7 Å². The molecule has 0 radical (unpaired) electrons. The molecule has 0 aliphatic rings. The lowest BCUT2D eigenvalue weighted by Crippen LogP contribution is -2.08. The number of hydrogen-bond acceptors (Lipinski definition) is 3. The van der Waals surface area contributed by atoms with Crippen molar-refractivity contribution < 1.29 is 14.6 Å². The zero-order valence-electron chi connectivity index (χ0n) is 17.5. The first kappa shape index (κ1) is 22.5. The Bertz CT molecular complexity index is 561. The van der Waals surface area contributed by atoms with Gasteiger partial charge in [0.2, 0.25) is 0 Å². The Morgan fingerprint density at radius 3 is 2.08 bits per heavy atom. The number of phenolic OH excluding ortho intramolecular Hbond substituents is 1. The van der Waals surface area contributed by atoms with Crippen molar-refractivity contribution in [3.63, 3.8) is 0 Å². The van der Waals surface area contributed by atoms with E-state index in [0.29, 0.717) is 23.3 Å². The standard InChI is InChI=1S/C23H38O3/c1-6-7-8-9-10-11-12-13-14-15-20(24)22-18(4)21(25)16-19(17(2)3)23(22)26-5/h16-17,25H,6-15H2,1-5H3. The Morgan fingerprint density at radius 1 is 1.04 bits per heavy atom. The molecular formula is C23H38O3. The number of rotatable bonds is 13. The first-order valence-electron chi connectivity index (χ1n) is 10.4. The maximum atomic E-state index is 12.8. The summed E-state index contributed by atoms with van der Waals surface area (Å²) in [6, 6.07) is 1.73. The molecule has 1 aromatic rings. The van der Waals surface area contributed by atoms with Crippen molar-refractivity contribution in [2.24, 2.45) is 0 Å². The first-order chi connectivity index (χ1) is 12.4. The van der Waals surface area contributed by atoms with E-state index in [1.807, 2.05) is 13.8 Å². The van der Waals surface area contributed by atoms with Gasteiger partial charge in [-0.1, -0.05) is 72.1 Å². The molecule has 0 aliphatic heterocycles. The summed E-state index contributed by atoms with van der Waals surface area (Å²) < 4.78 is 5.55. The fourth-order valence-electron chi connectivity index (χ4n) is 3.47. The predicted octanol–water partition coefficient (Wildman–Crippen LogP) is 6.94. The second-order valence-electron chi connectivity index (χ2n) is 7.67. The number of aromatic hydroxyl groups is 1. The minimum absolute atomic E-state index is 0.0834. The second-order valence-corrected chi connectivity index (χ2v) is 7.67. The zero-order chi connectivity index (χ0) is 19.5. The minimum atomic E-state index is 0.0834. The van der Waals surface area contributed by atoms with Crippen LogP contribution in [0, 0.1) is 6.92 Å². The van der Waals surface area contributed by atoms with Crippen LogP contribution in [-0.2, 0) is 0 Å². The van der Waals surface area contributed by atoms with E-state index >= 15 is 0 Å². The fraction of sp³-hybridized carbons (Fsp3) is 0.696. The number of benzene rings is 1. The van der Waals surface area contributed by atoms with E-state index in [1.54, 1.807) is 20.1 Å². The van der Waals surface area contributed by atoms with Crippen LogP contribution in [0.25, 0.3) is 0 Å². The quantitative estimate of drug-likeness (QED) is 0.305. The highest BCUT2D eigenvalue weighted by atomic mass is 16.5. The van der Waals surface area contributed by atoms with Crippen LogP contribution < -0.4 is 4.74 Å². The number of ether oxygens (including phenoxy) is 1. The van der Waals surface area contributed by atoms with Gasteiger partial charge in [0, 0.05) is 17.5 Å². The van der Waals surface area contributed by atoms with Crippen LogP contribution in [0.5, 0.6) is 11.5 Å². The number of hydrogen-bond donors (Lipinski definition) is 1. The molecule has 0 spiro atoms. The van der Waals surface area contributed by atoms with E-state index in [2.05, 4.69) is 6.92 Å². The summed E-state index contributed by atoms with van der Waals surface area (Å²) >= 11 is 0. The van der Waals surface area contributed by atoms with Crippen molar-refractivity contribution in [1.82, 2.24) is 0 Å². The highest BCUT2D eigenvalue weighted by Crippen LogP contribution is 2.38. The van der Waals surface area contributed by atoms with E-state index in [-0.39, 0.29) is 17.5 Å². The van der Waals surface area contributed by atoms with E-state index in [4.69, 9.17) is 4.74 Å². The molecule has 0 saturated heterocycles. The number of carbonyl (C=O) groups is 1. The molecule has 0 heterocycles. The van der Waals surface area contributed by atoms with Crippen molar-refractivity contribution in [1.29, 1.82) is 0 Å². The number of unbranched alkanes of at least 4 members (excludes halogenated alkanes) is 8. The zero-order valence-corrected chi connectivity index (χ0v) is 17.5. The Morgan fingerprint density at radius 2 is 1.58 bits per heavy atom. The van der Waals surface area contributed by atoms with Crippen LogP contribution in [0.3, 0.4) is 0 Å². The van der Waals surface area contributed by atoms with Gasteiger partial charge in [-0.25, -0.2) is 0 Å². The Balaban J connectivity index is 2.57. The third-order valence-corrected chi connectivity index (χ3v) is 5.15. The van der Waals surface area contributed by atoms with Crippen molar-refractivity contribution in [3.05, 3.63) is 22.8 Å². The van der Waals surface area contributed by atoms with E-state index in [1.165, 1.54) is 44.9 Å². The van der Waals surface area contributed by atoms with Gasteiger partial charge in [0.15, 0.2) is 5.78 Å². The summed E-state index contributed by atoms with van der Waals surface area (Å²) in [6.07, 6.45) is 11.6. The van der Waals surface area contributed by atoms with Gasteiger partial charge in [0.25, 0.3) is 0 Å². The fourth-order valence-corrected chi connectivity index (χ4v) is 3.47. The molecule has 1 aromatic carbocycles. The summed E-state index contributed by atoms with van der Waals surface area (Å²) in [5, 5.41) is 10.2. The number of Topliss-reactive ketones (excluding diaryl/α,β-unsaturated/α-hetero) is 1. The third kappa shape index (κ3) is 6.66. The molecule has 0 aliphatic carbocycles. The molecule has 1 N–H and O–H groups in total. The molecule has 0 fully saturated rings. The summed E-state index contributed by atoms with van der Waals surface area (Å²) in [7, 11) is 1.60. The van der Waals surface area contributed by atoms with Crippen LogP contribution in [0.1, 0.15) is 112 Å². The molecule has 3 heteroatoms. The molecule has 26 heavy (non-hydrogen) atoms. The lowest BCUT2D eigenvalue weighted by molar-refractivity contribution is 0.0974. The van der Waals surface area contributed by atoms with Gasteiger partial charge >= 0.3 is 0 Å². The predicted molar refractivity (Wildman–Crippen MR) is 110 cm³/mol. The number of phenols is 1. The molecule has 0 atom stereocenters. The number of ketones is 1. The maximum absolute atomic E-state index is 12.8. The monoisotopic (exact) mass is 362 g/mol. The van der Waals surface area contributed by atoms with Crippen LogP contribution in [0.2, 0.25) is 0 Å². The van der Waals surface area contributed by atoms with Gasteiger partial charge in [-0.2, -0.15) is 0 Å². The van der Waals surface area contributed by atoms with Gasteiger partial charge in [0.1, 0.15) is 11.5 Å². The van der Waals surface area contributed by atoms with Crippen LogP contribution >= 0.6 is 0 Å². The average molecular weight is 363 g/mol. The van der Waals surface area contributed by atoms with Gasteiger partial charge in [-0.3, -0.25) is 4.79 Å². The van der Waals surface area contributed by atoms with Gasteiger partial charge in [-0.15, -0.1) is 0 Å².